The molecule has 8 heterocycles. The quantitative estimate of drug-likeness (QED) is 0.0262. The number of anilines is 1. The van der Waals surface area contributed by atoms with Crippen molar-refractivity contribution in [1.29, 1.82) is 0 Å². The molecule has 25 nitrogen and oxygen atoms in total. The number of nitro benzene ring substituents is 2. The first-order chi connectivity index (χ1) is 59.5. The molecular formula is C94H101Cl2N11O14S2. The van der Waals surface area contributed by atoms with Gasteiger partial charge in [0.15, 0.2) is 0 Å². The minimum Gasteiger partial charge on any atom is -0.455 e. The number of piperidine rings is 2. The van der Waals surface area contributed by atoms with Gasteiger partial charge in [0.2, 0.25) is 0 Å². The number of nitrogens with zero attached hydrogens (tertiary/aromatic N) is 6. The van der Waals surface area contributed by atoms with Crippen LogP contribution < -0.4 is 24.2 Å². The molecular weight excluding hydrogens is 1640 g/mol. The number of aromatic nitrogens is 4. The lowest BCUT2D eigenvalue weighted by molar-refractivity contribution is -0.385. The van der Waals surface area contributed by atoms with Crippen LogP contribution in [0.15, 0.2) is 191 Å². The molecule has 29 heteroatoms. The van der Waals surface area contributed by atoms with Crippen LogP contribution >= 0.6 is 23.2 Å². The largest absolute Gasteiger partial charge is 0.455 e. The van der Waals surface area contributed by atoms with Crippen molar-refractivity contribution >= 4 is 105 Å². The maximum atomic E-state index is 13.9. The Kier molecular flexibility index (Phi) is 25.4. The van der Waals surface area contributed by atoms with Gasteiger partial charge in [0.1, 0.15) is 40.0 Å². The van der Waals surface area contributed by atoms with Gasteiger partial charge in [0.05, 0.1) is 43.2 Å². The molecule has 8 aliphatic rings. The second-order valence-electron chi connectivity index (χ2n) is 34.8. The van der Waals surface area contributed by atoms with E-state index in [1.807, 2.05) is 60.7 Å². The molecule has 0 unspecified atom stereocenters. The van der Waals surface area contributed by atoms with Crippen LogP contribution in [0.25, 0.3) is 33.2 Å². The van der Waals surface area contributed by atoms with Crippen molar-refractivity contribution in [2.24, 2.45) is 22.7 Å². The van der Waals surface area contributed by atoms with Gasteiger partial charge in [0.25, 0.3) is 43.2 Å². The summed E-state index contributed by atoms with van der Waals surface area (Å²) >= 11 is 12.6. The van der Waals surface area contributed by atoms with Gasteiger partial charge in [-0.05, 0) is 307 Å². The van der Waals surface area contributed by atoms with E-state index in [1.165, 1.54) is 109 Å². The number of nitro groups is 2. The first-order valence-electron chi connectivity index (χ1n) is 43.0. The van der Waals surface area contributed by atoms with Gasteiger partial charge in [-0.25, -0.2) is 36.2 Å². The van der Waals surface area contributed by atoms with Gasteiger partial charge in [0, 0.05) is 97.0 Å². The number of benzene rings is 6. The average Bonchev–Trinajstić information content (AvgIpc) is 0.797. The highest BCUT2D eigenvalue weighted by Crippen LogP contribution is 2.57. The number of nitrogens with one attached hydrogen (secondary N) is 5. The Morgan fingerprint density at radius 3 is 1.40 bits per heavy atom. The van der Waals surface area contributed by atoms with Crippen LogP contribution in [-0.4, -0.2) is 140 Å². The van der Waals surface area contributed by atoms with Gasteiger partial charge in [-0.1, -0.05) is 89.7 Å². The van der Waals surface area contributed by atoms with E-state index in [-0.39, 0.29) is 62.6 Å². The highest BCUT2D eigenvalue weighted by atomic mass is 35.5. The molecule has 6 aromatic carbocycles. The van der Waals surface area contributed by atoms with Crippen molar-refractivity contribution in [2.75, 3.05) is 77.6 Å². The SMILES string of the molecule is O=C(NS(=O)(=O)c1ccc(CC2CCOCC2)c([N+](=O)[O-])c1)c1ccc(C2CCN(CC3=C(c4ccc(Cl)cc4)CC4(CCC4)CC3)CC2)cc1Oc1cnc2[nH]ccc2c1.O=C(NS(=O)(=O)c1ccc(NCC2CCOCC2)c([N+](=O)[O-])c1)c1ccc(C2CCN(CC3=C(c4ccc(Cl)cc4)CC4(CCC4)CC3)CC2)cc1Oc1cnc2[nH]ccc2c1. The number of halogens is 2. The molecule has 4 aliphatic heterocycles. The summed E-state index contributed by atoms with van der Waals surface area (Å²) in [4.78, 5) is 70.2. The number of rotatable bonds is 25. The Balaban J connectivity index is 0.000000175. The average molecular weight is 1740 g/mol. The number of H-pyrrole nitrogens is 2. The summed E-state index contributed by atoms with van der Waals surface area (Å²) in [6.07, 6.45) is 28.9. The number of likely N-dealkylation sites (tertiary alicyclic amines) is 2. The summed E-state index contributed by atoms with van der Waals surface area (Å²) in [6, 6.07) is 42.0. The number of allylic oxidation sites excluding steroid dienone is 2. The number of hydrogen-bond acceptors (Lipinski definition) is 19. The van der Waals surface area contributed by atoms with Gasteiger partial charge < -0.3 is 34.2 Å². The lowest BCUT2D eigenvalue weighted by Gasteiger charge is -2.47. The Labute approximate surface area is 725 Å². The van der Waals surface area contributed by atoms with Gasteiger partial charge in [-0.15, -0.1) is 0 Å². The van der Waals surface area contributed by atoms with E-state index >= 15 is 0 Å². The maximum Gasteiger partial charge on any atom is 0.293 e. The van der Waals surface area contributed by atoms with Gasteiger partial charge >= 0.3 is 0 Å². The molecule has 2 amide bonds. The molecule has 123 heavy (non-hydrogen) atoms. The molecule has 0 bridgehead atoms. The second kappa shape index (κ2) is 36.8. The zero-order valence-corrected chi connectivity index (χ0v) is 71.7. The summed E-state index contributed by atoms with van der Waals surface area (Å²) in [6.45, 7) is 8.46. The Morgan fingerprint density at radius 1 is 0.520 bits per heavy atom. The van der Waals surface area contributed by atoms with Crippen LogP contribution in [0.2, 0.25) is 10.0 Å². The molecule has 0 radical (unpaired) electrons. The molecule has 5 N–H and O–H groups in total. The van der Waals surface area contributed by atoms with E-state index in [4.69, 9.17) is 42.1 Å². The van der Waals surface area contributed by atoms with Crippen molar-refractivity contribution in [2.45, 2.75) is 156 Å². The third-order valence-electron chi connectivity index (χ3n) is 27.0. The van der Waals surface area contributed by atoms with Crippen molar-refractivity contribution in [3.63, 3.8) is 0 Å². The second-order valence-corrected chi connectivity index (χ2v) is 39.0. The molecule has 4 aliphatic carbocycles. The summed E-state index contributed by atoms with van der Waals surface area (Å²) < 4.78 is 82.6. The predicted molar refractivity (Wildman–Crippen MR) is 474 cm³/mol. The third-order valence-corrected chi connectivity index (χ3v) is 30.2. The van der Waals surface area contributed by atoms with Crippen LogP contribution in [0.3, 0.4) is 0 Å². The third kappa shape index (κ3) is 19.8. The monoisotopic (exact) mass is 1740 g/mol. The number of hydrogen-bond donors (Lipinski definition) is 5. The number of amides is 2. The first kappa shape index (κ1) is 84.8. The molecule has 2 saturated carbocycles. The van der Waals surface area contributed by atoms with Crippen molar-refractivity contribution in [3.8, 4) is 23.0 Å². The smallest absolute Gasteiger partial charge is 0.293 e. The fraction of sp³-hybridized carbons (Fsp3) is 0.404. The fourth-order valence-electron chi connectivity index (χ4n) is 19.5. The van der Waals surface area contributed by atoms with E-state index < -0.39 is 52.3 Å². The lowest BCUT2D eigenvalue weighted by atomic mass is 9.59. The lowest BCUT2D eigenvalue weighted by Crippen LogP contribution is -2.37. The number of aromatic amines is 2. The van der Waals surface area contributed by atoms with Crippen molar-refractivity contribution in [1.82, 2.24) is 39.2 Å². The van der Waals surface area contributed by atoms with Crippen LogP contribution in [0, 0.1) is 42.9 Å². The summed E-state index contributed by atoms with van der Waals surface area (Å²) in [5, 5.41) is 30.4. The molecule has 18 rings (SSSR count). The van der Waals surface area contributed by atoms with Crippen molar-refractivity contribution in [3.05, 3.63) is 251 Å². The summed E-state index contributed by atoms with van der Waals surface area (Å²) in [7, 11) is -9.05. The summed E-state index contributed by atoms with van der Waals surface area (Å²) in [5.74, 6) is 0.140. The van der Waals surface area contributed by atoms with Crippen molar-refractivity contribution < 1.29 is 55.2 Å². The molecule has 4 aromatic heterocycles. The zero-order chi connectivity index (χ0) is 85.0. The standard InChI is InChI=1S/C47H51ClN6O7S.C47H50ClN5O7S/c48-37-5-2-33(3-6-37)41-27-47(16-1-17-47)18-10-36(41)30-53-20-12-32(13-21-53)34-4-8-40(44(25-34)61-38-24-35-11-19-49-45(35)51-29-38)46(55)52-62(58,59)39-7-9-42(43(26-39)54(56)57)50-28-31-14-22-60-23-15-31;48-38-6-2-33(3-7-38)42-28-47(16-1-17-47)18-10-37(42)30-52-20-12-32(13-21-52)34-5-9-41(44(26-34)60-39-25-36-11-19-49-45(36)50-29-39)46(54)51-61(57,58)40-8-4-35(43(27-40)53(55)56)24-31-14-22-59-23-15-31/h2-9,11,19,24-26,29,31-32,50H,1,10,12-18,20-23,27-28,30H2,(H,49,51)(H,52,55);2-9,11,19,25-27,29,31-32H,1,10,12-18,20-24,28,30H2,(H,49,50)(H,51,54). The number of fused-ring (bicyclic) bond motifs is 2. The maximum absolute atomic E-state index is 13.9. The molecule has 0 atom stereocenters. The topological polar surface area (TPSA) is 326 Å². The molecule has 642 valence electrons. The number of carbonyl (C=O) groups excluding carboxylic acids is 2. The van der Waals surface area contributed by atoms with E-state index in [2.05, 4.69) is 68.8 Å². The zero-order valence-electron chi connectivity index (χ0n) is 68.6. The van der Waals surface area contributed by atoms with E-state index in [0.29, 0.717) is 78.6 Å². The Bertz CT molecular complexity index is 5920. The highest BCUT2D eigenvalue weighted by Gasteiger charge is 2.43. The molecule has 10 aromatic rings. The summed E-state index contributed by atoms with van der Waals surface area (Å²) in [5.41, 5.74) is 12.8. The van der Waals surface area contributed by atoms with Gasteiger partial charge in [-0.3, -0.25) is 39.6 Å². The minimum absolute atomic E-state index is 0.00336. The minimum atomic E-state index is -4.54. The van der Waals surface area contributed by atoms with Gasteiger partial charge in [-0.2, -0.15) is 0 Å². The fourth-order valence-corrected chi connectivity index (χ4v) is 21.7. The number of ether oxygens (including phenoxy) is 4. The normalized spacial score (nSPS) is 18.8. The molecule has 4 saturated heterocycles. The van der Waals surface area contributed by atoms with Crippen LogP contribution in [-0.2, 0) is 35.9 Å². The number of pyridine rings is 2. The van der Waals surface area contributed by atoms with Crippen LogP contribution in [0.4, 0.5) is 17.1 Å². The predicted octanol–water partition coefficient (Wildman–Crippen LogP) is 19.9. The van der Waals surface area contributed by atoms with E-state index in [1.54, 1.807) is 49.1 Å². The first-order valence-corrected chi connectivity index (χ1v) is 46.7. The highest BCUT2D eigenvalue weighted by molar-refractivity contribution is 7.90. The molecule has 2 spiro atoms. The van der Waals surface area contributed by atoms with E-state index in [9.17, 15) is 46.7 Å². The Hall–Kier alpha value is -10.4. The molecule has 6 fully saturated rings. The van der Waals surface area contributed by atoms with Crippen LogP contribution in [0.1, 0.15) is 189 Å². The number of carbonyl (C=O) groups is 2. The van der Waals surface area contributed by atoms with Crippen LogP contribution in [0.5, 0.6) is 23.0 Å². The Morgan fingerprint density at radius 2 is 0.959 bits per heavy atom. The number of sulfonamides is 2. The van der Waals surface area contributed by atoms with E-state index in [0.717, 1.165) is 160 Å².